The highest BCUT2D eigenvalue weighted by Gasteiger charge is 2.18. The fourth-order valence-electron chi connectivity index (χ4n) is 3.93. The lowest BCUT2D eigenvalue weighted by atomic mass is 10.0. The van der Waals surface area contributed by atoms with Gasteiger partial charge in [-0.1, -0.05) is 96.1 Å². The second-order valence-electron chi connectivity index (χ2n) is 8.67. The van der Waals surface area contributed by atoms with Gasteiger partial charge in [0, 0.05) is 13.1 Å². The number of benzene rings is 1. The van der Waals surface area contributed by atoms with Crippen molar-refractivity contribution in [3.05, 3.63) is 29.8 Å². The van der Waals surface area contributed by atoms with Crippen LogP contribution >= 0.6 is 0 Å². The van der Waals surface area contributed by atoms with Crippen LogP contribution in [0.15, 0.2) is 24.3 Å². The Hall–Kier alpha value is -2.04. The molecule has 1 aromatic rings. The smallest absolute Gasteiger partial charge is 0.311 e. The van der Waals surface area contributed by atoms with Gasteiger partial charge >= 0.3 is 11.8 Å². The fourth-order valence-corrected chi connectivity index (χ4v) is 3.93. The minimum absolute atomic E-state index is 0.247. The van der Waals surface area contributed by atoms with E-state index in [-0.39, 0.29) is 5.75 Å². The maximum atomic E-state index is 12.1. The van der Waals surface area contributed by atoms with Crippen molar-refractivity contribution in [2.75, 3.05) is 13.1 Å². The molecule has 5 heteroatoms. The van der Waals surface area contributed by atoms with E-state index in [9.17, 15) is 14.7 Å². The quantitative estimate of drug-likeness (QED) is 0.229. The third kappa shape index (κ3) is 13.8. The molecule has 176 valence electrons. The number of carbonyl (C=O) groups excluding carboxylic acids is 2. The Morgan fingerprint density at radius 2 is 1.19 bits per heavy atom. The molecule has 3 N–H and O–H groups in total. The van der Waals surface area contributed by atoms with E-state index in [1.54, 1.807) is 17.0 Å². The number of aryl methyl sites for hydroxylation is 1. The summed E-state index contributed by atoms with van der Waals surface area (Å²) >= 11 is 0. The predicted molar refractivity (Wildman–Crippen MR) is 128 cm³/mol. The molecule has 31 heavy (non-hydrogen) atoms. The number of rotatable bonds is 18. The summed E-state index contributed by atoms with van der Waals surface area (Å²) in [7, 11) is 0. The van der Waals surface area contributed by atoms with Crippen molar-refractivity contribution >= 4 is 11.8 Å². The Morgan fingerprint density at radius 3 is 1.68 bits per heavy atom. The van der Waals surface area contributed by atoms with Crippen molar-refractivity contribution in [1.29, 1.82) is 0 Å². The summed E-state index contributed by atoms with van der Waals surface area (Å²) in [5, 5.41) is 9.35. The van der Waals surface area contributed by atoms with Crippen molar-refractivity contribution in [2.45, 2.75) is 103 Å². The summed E-state index contributed by atoms with van der Waals surface area (Å²) in [6.07, 6.45) is 18.2. The van der Waals surface area contributed by atoms with Gasteiger partial charge in [0.2, 0.25) is 0 Å². The Balaban J connectivity index is 2.11. The lowest BCUT2D eigenvalue weighted by Crippen LogP contribution is -2.41. The molecule has 0 aliphatic heterocycles. The molecule has 0 atom stereocenters. The second kappa shape index (κ2) is 17.6. The molecule has 0 saturated carbocycles. The number of phenolic OH excluding ortho intramolecular Hbond substituents is 1. The third-order valence-corrected chi connectivity index (χ3v) is 5.86. The highest BCUT2D eigenvalue weighted by molar-refractivity contribution is 6.34. The van der Waals surface area contributed by atoms with Gasteiger partial charge in [-0.15, -0.1) is 0 Å². The monoisotopic (exact) mass is 432 g/mol. The number of amides is 2. The second-order valence-corrected chi connectivity index (χ2v) is 8.67. The van der Waals surface area contributed by atoms with E-state index in [1.165, 1.54) is 70.6 Å². The number of hydrogen-bond donors (Lipinski definition) is 2. The Labute approximate surface area is 189 Å². The van der Waals surface area contributed by atoms with Gasteiger partial charge in [0.15, 0.2) is 0 Å². The fraction of sp³-hybridized carbons (Fsp3) is 0.692. The van der Waals surface area contributed by atoms with Gasteiger partial charge in [0.1, 0.15) is 5.75 Å². The molecule has 0 heterocycles. The molecule has 0 unspecified atom stereocenters. The molecule has 2 amide bonds. The highest BCUT2D eigenvalue weighted by atomic mass is 16.3. The van der Waals surface area contributed by atoms with Gasteiger partial charge in [-0.05, 0) is 37.0 Å². The lowest BCUT2D eigenvalue weighted by molar-refractivity contribution is -0.144. The lowest BCUT2D eigenvalue weighted by Gasteiger charge is -2.21. The summed E-state index contributed by atoms with van der Waals surface area (Å²) in [4.78, 5) is 25.0. The number of unbranched alkanes of at least 4 members (excludes halogenated alkanes) is 12. The van der Waals surface area contributed by atoms with Crippen molar-refractivity contribution in [3.8, 4) is 5.75 Å². The zero-order valence-corrected chi connectivity index (χ0v) is 19.6. The van der Waals surface area contributed by atoms with Crippen LogP contribution in [0.2, 0.25) is 0 Å². The number of aromatic hydroxyl groups is 1. The molecule has 0 saturated heterocycles. The van der Waals surface area contributed by atoms with Gasteiger partial charge in [0.25, 0.3) is 0 Å². The number of phenols is 1. The molecule has 0 bridgehead atoms. The van der Waals surface area contributed by atoms with Crippen LogP contribution in [0.3, 0.4) is 0 Å². The first-order valence-corrected chi connectivity index (χ1v) is 12.4. The van der Waals surface area contributed by atoms with Crippen LogP contribution in [0, 0.1) is 0 Å². The minimum atomic E-state index is -0.876. The van der Waals surface area contributed by atoms with Gasteiger partial charge in [0.05, 0.1) is 0 Å². The molecule has 5 nitrogen and oxygen atoms in total. The summed E-state index contributed by atoms with van der Waals surface area (Å²) in [5.74, 6) is -1.21. The molecule has 0 aliphatic rings. The Kier molecular flexibility index (Phi) is 15.3. The van der Waals surface area contributed by atoms with Crippen LogP contribution in [0.25, 0.3) is 0 Å². The Morgan fingerprint density at radius 1 is 0.742 bits per heavy atom. The van der Waals surface area contributed by atoms with E-state index in [0.717, 1.165) is 31.2 Å². The summed E-state index contributed by atoms with van der Waals surface area (Å²) in [6.45, 7) is 3.38. The third-order valence-electron chi connectivity index (χ3n) is 5.86. The molecule has 0 aromatic heterocycles. The zero-order chi connectivity index (χ0) is 22.7. The average Bonchev–Trinajstić information content (AvgIpc) is 2.76. The van der Waals surface area contributed by atoms with Crippen molar-refractivity contribution in [3.63, 3.8) is 0 Å². The average molecular weight is 433 g/mol. The topological polar surface area (TPSA) is 83.6 Å². The molecule has 0 radical (unpaired) electrons. The first-order chi connectivity index (χ1) is 15.0. The van der Waals surface area contributed by atoms with Crippen LogP contribution in [-0.4, -0.2) is 34.9 Å². The van der Waals surface area contributed by atoms with Crippen LogP contribution in [0.1, 0.15) is 102 Å². The largest absolute Gasteiger partial charge is 0.508 e. The highest BCUT2D eigenvalue weighted by Crippen LogP contribution is 2.14. The first-order valence-electron chi connectivity index (χ1n) is 12.4. The zero-order valence-electron chi connectivity index (χ0n) is 19.6. The molecular weight excluding hydrogens is 388 g/mol. The van der Waals surface area contributed by atoms with Gasteiger partial charge < -0.3 is 15.7 Å². The van der Waals surface area contributed by atoms with Crippen LogP contribution in [-0.2, 0) is 16.0 Å². The van der Waals surface area contributed by atoms with Crippen molar-refractivity contribution < 1.29 is 14.7 Å². The summed E-state index contributed by atoms with van der Waals surface area (Å²) in [5.41, 5.74) is 6.32. The van der Waals surface area contributed by atoms with E-state index in [2.05, 4.69) is 6.92 Å². The van der Waals surface area contributed by atoms with Crippen LogP contribution < -0.4 is 5.73 Å². The van der Waals surface area contributed by atoms with Crippen molar-refractivity contribution in [2.24, 2.45) is 5.73 Å². The standard InChI is InChI=1S/C26H44N2O3/c1-2-3-4-5-6-7-8-9-10-11-12-13-14-21-28(26(31)25(27)30)22-15-16-23-17-19-24(29)20-18-23/h17-20,29H,2-16,21-22H2,1H3,(H2,27,30). The Bertz CT molecular complexity index is 601. The number of nitrogens with two attached hydrogens (primary N) is 1. The van der Waals surface area contributed by atoms with Gasteiger partial charge in [-0.25, -0.2) is 0 Å². The van der Waals surface area contributed by atoms with E-state index < -0.39 is 11.8 Å². The maximum Gasteiger partial charge on any atom is 0.311 e. The van der Waals surface area contributed by atoms with E-state index in [1.807, 2.05) is 12.1 Å². The van der Waals surface area contributed by atoms with E-state index >= 15 is 0 Å². The number of carbonyl (C=O) groups is 2. The number of primary amides is 1. The SMILES string of the molecule is CCCCCCCCCCCCCCCN(CCCc1ccc(O)cc1)C(=O)C(N)=O. The maximum absolute atomic E-state index is 12.1. The molecular formula is C26H44N2O3. The summed E-state index contributed by atoms with van der Waals surface area (Å²) < 4.78 is 0. The molecule has 0 fully saturated rings. The normalized spacial score (nSPS) is 10.9. The van der Waals surface area contributed by atoms with Gasteiger partial charge in [-0.3, -0.25) is 9.59 Å². The predicted octanol–water partition coefficient (Wildman–Crippen LogP) is 5.73. The van der Waals surface area contributed by atoms with E-state index in [0.29, 0.717) is 13.1 Å². The minimum Gasteiger partial charge on any atom is -0.508 e. The van der Waals surface area contributed by atoms with Crippen molar-refractivity contribution in [1.82, 2.24) is 4.90 Å². The van der Waals surface area contributed by atoms with Gasteiger partial charge in [-0.2, -0.15) is 0 Å². The number of hydrogen-bond acceptors (Lipinski definition) is 3. The molecule has 0 aliphatic carbocycles. The van der Waals surface area contributed by atoms with E-state index in [4.69, 9.17) is 5.73 Å². The van der Waals surface area contributed by atoms with Crippen LogP contribution in [0.5, 0.6) is 5.75 Å². The van der Waals surface area contributed by atoms with Crippen LogP contribution in [0.4, 0.5) is 0 Å². The summed E-state index contributed by atoms with van der Waals surface area (Å²) in [6, 6.07) is 7.08. The molecule has 1 rings (SSSR count). The first kappa shape index (κ1) is 27.0. The number of nitrogens with zero attached hydrogens (tertiary/aromatic N) is 1. The molecule has 1 aromatic carbocycles. The molecule has 0 spiro atoms.